The molecular weight excluding hydrogens is 488 g/mol. The number of aryl methyl sites for hydroxylation is 1. The van der Waals surface area contributed by atoms with Crippen molar-refractivity contribution < 1.29 is 9.59 Å². The maximum absolute atomic E-state index is 13.7. The fourth-order valence-electron chi connectivity index (χ4n) is 5.59. The number of hydrogen-bond acceptors (Lipinski definition) is 5. The average Bonchev–Trinajstić information content (AvgIpc) is 3.24. The number of anilines is 1. The van der Waals surface area contributed by atoms with Crippen molar-refractivity contribution in [2.24, 2.45) is 10.9 Å². The monoisotopic (exact) mass is 526 g/mol. The number of aromatic nitrogens is 2. The molecule has 1 unspecified atom stereocenters. The smallest absolute Gasteiger partial charge is 0.254 e. The molecule has 2 aromatic heterocycles. The highest BCUT2D eigenvalue weighted by Gasteiger charge is 2.25. The predicted octanol–water partition coefficient (Wildman–Crippen LogP) is 4.64. The molecule has 4 heterocycles. The fraction of sp³-hybridized carbons (Fsp3) is 0.419. The molecule has 1 aromatic carbocycles. The molecule has 1 saturated heterocycles. The lowest BCUT2D eigenvalue weighted by molar-refractivity contribution is -0.120. The molecule has 2 amide bonds. The van der Waals surface area contributed by atoms with Crippen LogP contribution in [-0.4, -0.2) is 71.7 Å². The van der Waals surface area contributed by atoms with Gasteiger partial charge in [0.1, 0.15) is 5.82 Å². The minimum absolute atomic E-state index is 0.194. The molecule has 0 aliphatic carbocycles. The van der Waals surface area contributed by atoms with Gasteiger partial charge in [-0.05, 0) is 83.1 Å². The van der Waals surface area contributed by atoms with Crippen LogP contribution in [0.1, 0.15) is 49.7 Å². The van der Waals surface area contributed by atoms with Crippen LogP contribution in [0.25, 0.3) is 22.0 Å². The second-order valence-electron chi connectivity index (χ2n) is 11.2. The molecule has 3 aromatic rings. The number of rotatable bonds is 6. The topological polar surface area (TPSA) is 82.8 Å². The lowest BCUT2D eigenvalue weighted by Gasteiger charge is -2.33. The summed E-state index contributed by atoms with van der Waals surface area (Å²) in [6.45, 7) is 14.2. The molecule has 5 rings (SSSR count). The summed E-state index contributed by atoms with van der Waals surface area (Å²) >= 11 is 0. The highest BCUT2D eigenvalue weighted by Crippen LogP contribution is 2.33. The number of allylic oxidation sites excluding steroid dienone is 1. The van der Waals surface area contributed by atoms with Gasteiger partial charge in [-0.1, -0.05) is 5.57 Å². The number of carbonyl (C=O) groups is 2. The van der Waals surface area contributed by atoms with E-state index in [0.29, 0.717) is 11.3 Å². The Morgan fingerprint density at radius 1 is 1.08 bits per heavy atom. The number of piperazine rings is 1. The lowest BCUT2D eigenvalue weighted by Crippen LogP contribution is -2.44. The van der Waals surface area contributed by atoms with Crippen LogP contribution in [0.15, 0.2) is 53.3 Å². The maximum Gasteiger partial charge on any atom is 0.254 e. The van der Waals surface area contributed by atoms with E-state index in [1.54, 1.807) is 0 Å². The van der Waals surface area contributed by atoms with Crippen molar-refractivity contribution >= 4 is 34.2 Å². The van der Waals surface area contributed by atoms with Crippen LogP contribution in [0.4, 0.5) is 5.82 Å². The molecule has 2 aliphatic heterocycles. The van der Waals surface area contributed by atoms with Gasteiger partial charge in [-0.15, -0.1) is 0 Å². The van der Waals surface area contributed by atoms with Crippen LogP contribution in [0, 0.1) is 12.8 Å². The zero-order valence-electron chi connectivity index (χ0n) is 23.8. The molecule has 8 nitrogen and oxygen atoms in total. The summed E-state index contributed by atoms with van der Waals surface area (Å²) in [5, 5.41) is 3.96. The number of aliphatic imine (C=N–C) groups is 1. The second-order valence-corrected chi connectivity index (χ2v) is 11.2. The molecule has 0 radical (unpaired) electrons. The van der Waals surface area contributed by atoms with Gasteiger partial charge in [0.2, 0.25) is 0 Å². The Labute approximate surface area is 230 Å². The maximum atomic E-state index is 13.7. The van der Waals surface area contributed by atoms with Crippen LogP contribution in [0.5, 0.6) is 0 Å². The summed E-state index contributed by atoms with van der Waals surface area (Å²) in [6, 6.07) is 8.51. The van der Waals surface area contributed by atoms with Crippen molar-refractivity contribution in [1.82, 2.24) is 19.8 Å². The number of dihydropyridines is 1. The van der Waals surface area contributed by atoms with E-state index in [-0.39, 0.29) is 24.4 Å². The van der Waals surface area contributed by atoms with Gasteiger partial charge in [0, 0.05) is 78.9 Å². The SMILES string of the molecule is CC1=CC(C)=NC(=O)C1CNC(=O)c1cc(-c2ccc(N3CCN(C)CC3)nc2)cc2c1c(C)cn2C(C)C. The Balaban J connectivity index is 1.48. The van der Waals surface area contributed by atoms with Crippen molar-refractivity contribution in [3.63, 3.8) is 0 Å². The van der Waals surface area contributed by atoms with Gasteiger partial charge in [0.05, 0.1) is 5.92 Å². The van der Waals surface area contributed by atoms with E-state index < -0.39 is 5.92 Å². The zero-order valence-corrected chi connectivity index (χ0v) is 23.8. The molecule has 1 atom stereocenters. The van der Waals surface area contributed by atoms with E-state index in [1.807, 2.05) is 39.1 Å². The highest BCUT2D eigenvalue weighted by atomic mass is 16.2. The quantitative estimate of drug-likeness (QED) is 0.506. The second kappa shape index (κ2) is 10.8. The fourth-order valence-corrected chi connectivity index (χ4v) is 5.59. The summed E-state index contributed by atoms with van der Waals surface area (Å²) in [7, 11) is 2.15. The minimum Gasteiger partial charge on any atom is -0.354 e. The first-order valence-corrected chi connectivity index (χ1v) is 13.7. The third kappa shape index (κ3) is 5.39. The van der Waals surface area contributed by atoms with Gasteiger partial charge in [-0.3, -0.25) is 9.59 Å². The van der Waals surface area contributed by atoms with Crippen molar-refractivity contribution in [1.29, 1.82) is 0 Å². The van der Waals surface area contributed by atoms with E-state index in [1.165, 1.54) is 0 Å². The summed E-state index contributed by atoms with van der Waals surface area (Å²) in [6.07, 6.45) is 5.92. The molecule has 8 heteroatoms. The van der Waals surface area contributed by atoms with E-state index >= 15 is 0 Å². The van der Waals surface area contributed by atoms with Crippen LogP contribution < -0.4 is 10.2 Å². The molecule has 1 fully saturated rings. The van der Waals surface area contributed by atoms with Gasteiger partial charge in [0.15, 0.2) is 0 Å². The molecule has 0 saturated carbocycles. The van der Waals surface area contributed by atoms with Gasteiger partial charge in [0.25, 0.3) is 11.8 Å². The van der Waals surface area contributed by atoms with E-state index in [9.17, 15) is 9.59 Å². The summed E-state index contributed by atoms with van der Waals surface area (Å²) < 4.78 is 2.21. The molecule has 39 heavy (non-hydrogen) atoms. The van der Waals surface area contributed by atoms with Crippen molar-refractivity contribution in [3.05, 3.63) is 59.4 Å². The third-order valence-corrected chi connectivity index (χ3v) is 7.87. The lowest BCUT2D eigenvalue weighted by atomic mass is 9.95. The van der Waals surface area contributed by atoms with E-state index in [2.05, 4.69) is 70.0 Å². The first kappa shape index (κ1) is 26.8. The van der Waals surface area contributed by atoms with E-state index in [4.69, 9.17) is 4.98 Å². The Kier molecular flexibility index (Phi) is 7.40. The minimum atomic E-state index is -0.441. The highest BCUT2D eigenvalue weighted by molar-refractivity contribution is 6.10. The molecule has 0 spiro atoms. The normalized spacial score (nSPS) is 18.5. The number of hydrogen-bond donors (Lipinski definition) is 1. The van der Waals surface area contributed by atoms with Crippen LogP contribution in [-0.2, 0) is 4.79 Å². The number of fused-ring (bicyclic) bond motifs is 1. The van der Waals surface area contributed by atoms with Crippen LogP contribution in [0.3, 0.4) is 0 Å². The third-order valence-electron chi connectivity index (χ3n) is 7.87. The van der Waals surface area contributed by atoms with Crippen molar-refractivity contribution in [2.75, 3.05) is 44.7 Å². The number of nitrogens with zero attached hydrogens (tertiary/aromatic N) is 5. The molecule has 1 N–H and O–H groups in total. The number of nitrogens with one attached hydrogen (secondary N) is 1. The first-order valence-electron chi connectivity index (χ1n) is 13.7. The summed E-state index contributed by atoms with van der Waals surface area (Å²) in [5.41, 5.74) is 6.18. The first-order chi connectivity index (χ1) is 18.6. The van der Waals surface area contributed by atoms with Crippen LogP contribution >= 0.6 is 0 Å². The zero-order chi connectivity index (χ0) is 27.8. The average molecular weight is 527 g/mol. The largest absolute Gasteiger partial charge is 0.354 e. The number of likely N-dealkylation sites (N-methyl/N-ethyl adjacent to an activating group) is 1. The number of amides is 2. The molecular formula is C31H38N6O2. The Morgan fingerprint density at radius 3 is 2.46 bits per heavy atom. The standard InChI is InChI=1S/C31H38N6O2/c1-19(2)37-18-21(4)29-25(30(38)33-17-26-20(3)13-22(5)34-31(26)39)14-24(15-27(29)37)23-7-8-28(32-16-23)36-11-9-35(6)10-12-36/h7-8,13-16,18-19,26H,9-12,17H2,1-6H3,(H,33,38). The van der Waals surface area contributed by atoms with Gasteiger partial charge in [-0.25, -0.2) is 9.98 Å². The number of carbonyl (C=O) groups excluding carboxylic acids is 2. The van der Waals surface area contributed by atoms with Gasteiger partial charge >= 0.3 is 0 Å². The summed E-state index contributed by atoms with van der Waals surface area (Å²) in [4.78, 5) is 39.7. The molecule has 2 aliphatic rings. The Hall–Kier alpha value is -3.78. The predicted molar refractivity (Wildman–Crippen MR) is 158 cm³/mol. The summed E-state index contributed by atoms with van der Waals surface area (Å²) in [5.74, 6) is 0.135. The van der Waals surface area contributed by atoms with Crippen molar-refractivity contribution in [2.45, 2.75) is 40.7 Å². The Morgan fingerprint density at radius 2 is 1.82 bits per heavy atom. The van der Waals surface area contributed by atoms with Gasteiger partial charge in [-0.2, -0.15) is 0 Å². The van der Waals surface area contributed by atoms with E-state index in [0.717, 1.165) is 65.2 Å². The van der Waals surface area contributed by atoms with Gasteiger partial charge < -0.3 is 19.7 Å². The molecule has 204 valence electrons. The Bertz CT molecular complexity index is 1470. The van der Waals surface area contributed by atoms with Crippen LogP contribution in [0.2, 0.25) is 0 Å². The number of benzene rings is 1. The molecule has 0 bridgehead atoms. The van der Waals surface area contributed by atoms with Crippen molar-refractivity contribution in [3.8, 4) is 11.1 Å². The number of pyridine rings is 1.